The number of rotatable bonds is 5. The first-order valence-electron chi connectivity index (χ1n) is 7.23. The van der Waals surface area contributed by atoms with Gasteiger partial charge in [0, 0.05) is 12.1 Å². The highest BCUT2D eigenvalue weighted by molar-refractivity contribution is 6.02. The highest BCUT2D eigenvalue weighted by Crippen LogP contribution is 2.15. The molecule has 0 saturated carbocycles. The number of nitrogens with zero attached hydrogens (tertiary/aromatic N) is 4. The lowest BCUT2D eigenvalue weighted by Gasteiger charge is -1.99. The maximum absolute atomic E-state index is 12.0. The second-order valence-corrected chi connectivity index (χ2v) is 4.95. The second-order valence-electron chi connectivity index (χ2n) is 4.95. The molecule has 126 valence electrons. The van der Waals surface area contributed by atoms with E-state index in [0.717, 1.165) is 0 Å². The van der Waals surface area contributed by atoms with E-state index >= 15 is 0 Å². The number of nitrogens with one attached hydrogen (secondary N) is 1. The Kier molecular flexibility index (Phi) is 5.92. The summed E-state index contributed by atoms with van der Waals surface area (Å²) in [7, 11) is 0. The number of non-ortho nitro benzene ring substituents is 1. The van der Waals surface area contributed by atoms with Crippen LogP contribution in [0, 0.1) is 32.8 Å². The minimum atomic E-state index is -0.746. The third-order valence-electron chi connectivity index (χ3n) is 3.18. The Morgan fingerprint density at radius 1 is 1.15 bits per heavy atom. The zero-order chi connectivity index (χ0) is 18.9. The van der Waals surface area contributed by atoms with E-state index in [1.165, 1.54) is 36.6 Å². The van der Waals surface area contributed by atoms with Gasteiger partial charge in [0.25, 0.3) is 11.6 Å². The predicted molar refractivity (Wildman–Crippen MR) is 93.6 cm³/mol. The van der Waals surface area contributed by atoms with Gasteiger partial charge in [-0.15, -0.1) is 0 Å². The Balaban J connectivity index is 2.09. The molecule has 0 heterocycles. The van der Waals surface area contributed by atoms with Gasteiger partial charge in [0.15, 0.2) is 0 Å². The van der Waals surface area contributed by atoms with Crippen LogP contribution in [0.25, 0.3) is 6.08 Å². The van der Waals surface area contributed by atoms with Crippen LogP contribution >= 0.6 is 0 Å². The second kappa shape index (κ2) is 8.52. The molecule has 0 aromatic heterocycles. The SMILES string of the molecule is N#C/C(=C\c1cccc([N+](=O)[O-])c1)C(=O)N/N=C\c1ccc(C#N)cc1. The summed E-state index contributed by atoms with van der Waals surface area (Å²) in [5, 5.41) is 32.3. The Morgan fingerprint density at radius 3 is 2.50 bits per heavy atom. The molecule has 0 unspecified atom stereocenters. The van der Waals surface area contributed by atoms with Crippen LogP contribution in [0.1, 0.15) is 16.7 Å². The van der Waals surface area contributed by atoms with Gasteiger partial charge in [-0.3, -0.25) is 14.9 Å². The van der Waals surface area contributed by atoms with Crippen molar-refractivity contribution in [3.8, 4) is 12.1 Å². The van der Waals surface area contributed by atoms with Crippen molar-refractivity contribution in [2.24, 2.45) is 5.10 Å². The first-order chi connectivity index (χ1) is 12.5. The summed E-state index contributed by atoms with van der Waals surface area (Å²) in [6, 6.07) is 15.8. The van der Waals surface area contributed by atoms with E-state index in [4.69, 9.17) is 10.5 Å². The highest BCUT2D eigenvalue weighted by atomic mass is 16.6. The molecule has 8 nitrogen and oxygen atoms in total. The number of benzene rings is 2. The number of nitro benzene ring substituents is 1. The van der Waals surface area contributed by atoms with Crippen molar-refractivity contribution in [3.63, 3.8) is 0 Å². The number of amides is 1. The topological polar surface area (TPSA) is 132 Å². The number of hydrogen-bond acceptors (Lipinski definition) is 6. The summed E-state index contributed by atoms with van der Waals surface area (Å²) in [4.78, 5) is 22.2. The van der Waals surface area contributed by atoms with Gasteiger partial charge in [0.1, 0.15) is 11.6 Å². The molecule has 0 aliphatic heterocycles. The number of carbonyl (C=O) groups is 1. The molecule has 2 aromatic rings. The van der Waals surface area contributed by atoms with E-state index in [0.29, 0.717) is 16.7 Å². The third kappa shape index (κ3) is 4.85. The van der Waals surface area contributed by atoms with Crippen molar-refractivity contribution in [1.29, 1.82) is 10.5 Å². The lowest BCUT2D eigenvalue weighted by molar-refractivity contribution is -0.384. The fourth-order valence-corrected chi connectivity index (χ4v) is 1.91. The van der Waals surface area contributed by atoms with E-state index in [2.05, 4.69) is 10.5 Å². The van der Waals surface area contributed by atoms with Crippen molar-refractivity contribution in [3.05, 3.63) is 80.9 Å². The zero-order valence-corrected chi connectivity index (χ0v) is 13.3. The Labute approximate surface area is 148 Å². The average molecular weight is 345 g/mol. The quantitative estimate of drug-likeness (QED) is 0.292. The molecular formula is C18H11N5O3. The summed E-state index contributed by atoms with van der Waals surface area (Å²) in [5.74, 6) is -0.746. The minimum Gasteiger partial charge on any atom is -0.267 e. The molecule has 0 aliphatic carbocycles. The lowest BCUT2D eigenvalue weighted by atomic mass is 10.1. The molecular weight excluding hydrogens is 334 g/mol. The number of carbonyl (C=O) groups excluding carboxylic acids is 1. The molecule has 0 bridgehead atoms. The largest absolute Gasteiger partial charge is 0.282 e. The highest BCUT2D eigenvalue weighted by Gasteiger charge is 2.10. The van der Waals surface area contributed by atoms with Crippen LogP contribution in [0.4, 0.5) is 5.69 Å². The van der Waals surface area contributed by atoms with Crippen LogP contribution in [0.15, 0.2) is 59.2 Å². The van der Waals surface area contributed by atoms with Gasteiger partial charge in [-0.2, -0.15) is 15.6 Å². The Hall–Kier alpha value is -4.30. The van der Waals surface area contributed by atoms with Crippen molar-refractivity contribution < 1.29 is 9.72 Å². The van der Waals surface area contributed by atoms with Gasteiger partial charge < -0.3 is 0 Å². The van der Waals surface area contributed by atoms with Gasteiger partial charge in [0.05, 0.1) is 22.8 Å². The van der Waals surface area contributed by atoms with Crippen molar-refractivity contribution >= 4 is 23.9 Å². The van der Waals surface area contributed by atoms with Crippen LogP contribution in [0.2, 0.25) is 0 Å². The van der Waals surface area contributed by atoms with Crippen LogP contribution < -0.4 is 5.43 Å². The standard InChI is InChI=1S/C18H11N5O3/c19-10-13-4-6-14(7-5-13)12-21-22-18(24)16(11-20)8-15-2-1-3-17(9-15)23(25)26/h1-9,12H,(H,22,24)/b16-8+,21-12-. The molecule has 26 heavy (non-hydrogen) atoms. The van der Waals surface area contributed by atoms with Gasteiger partial charge >= 0.3 is 0 Å². The molecule has 8 heteroatoms. The fourth-order valence-electron chi connectivity index (χ4n) is 1.91. The lowest BCUT2D eigenvalue weighted by Crippen LogP contribution is -2.19. The van der Waals surface area contributed by atoms with Gasteiger partial charge in [-0.05, 0) is 29.3 Å². The molecule has 2 aromatic carbocycles. The molecule has 1 amide bonds. The molecule has 0 atom stereocenters. The molecule has 0 fully saturated rings. The van der Waals surface area contributed by atoms with E-state index in [1.807, 2.05) is 6.07 Å². The zero-order valence-electron chi connectivity index (χ0n) is 13.3. The number of nitro groups is 1. The monoisotopic (exact) mass is 345 g/mol. The minimum absolute atomic E-state index is 0.143. The molecule has 0 radical (unpaired) electrons. The van der Waals surface area contributed by atoms with Crippen LogP contribution in [0.3, 0.4) is 0 Å². The number of nitriles is 2. The molecule has 1 N–H and O–H groups in total. The number of hydrogen-bond donors (Lipinski definition) is 1. The van der Waals surface area contributed by atoms with E-state index < -0.39 is 10.8 Å². The predicted octanol–water partition coefficient (Wildman–Crippen LogP) is 2.52. The van der Waals surface area contributed by atoms with Gasteiger partial charge in [-0.25, -0.2) is 5.43 Å². The summed E-state index contributed by atoms with van der Waals surface area (Å²) < 4.78 is 0. The van der Waals surface area contributed by atoms with E-state index in [1.54, 1.807) is 30.3 Å². The van der Waals surface area contributed by atoms with Crippen molar-refractivity contribution in [1.82, 2.24) is 5.43 Å². The summed E-state index contributed by atoms with van der Waals surface area (Å²) in [5.41, 5.74) is 3.32. The molecule has 2 rings (SSSR count). The van der Waals surface area contributed by atoms with Gasteiger partial charge in [0.2, 0.25) is 0 Å². The van der Waals surface area contributed by atoms with Crippen molar-refractivity contribution in [2.45, 2.75) is 0 Å². The first kappa shape index (κ1) is 18.0. The molecule has 0 saturated heterocycles. The summed E-state index contributed by atoms with van der Waals surface area (Å²) in [6.45, 7) is 0. The molecule has 0 aliphatic rings. The normalized spacial score (nSPS) is 10.8. The summed E-state index contributed by atoms with van der Waals surface area (Å²) >= 11 is 0. The first-order valence-corrected chi connectivity index (χ1v) is 7.23. The van der Waals surface area contributed by atoms with Crippen LogP contribution in [-0.4, -0.2) is 17.0 Å². The Bertz CT molecular complexity index is 979. The summed E-state index contributed by atoms with van der Waals surface area (Å²) in [6.07, 6.45) is 2.60. The maximum atomic E-state index is 12.0. The maximum Gasteiger partial charge on any atom is 0.282 e. The number of hydrazone groups is 1. The fraction of sp³-hybridized carbons (Fsp3) is 0. The molecule has 0 spiro atoms. The van der Waals surface area contributed by atoms with Crippen molar-refractivity contribution in [2.75, 3.05) is 0 Å². The van der Waals surface area contributed by atoms with E-state index in [9.17, 15) is 14.9 Å². The van der Waals surface area contributed by atoms with Crippen LogP contribution in [0.5, 0.6) is 0 Å². The van der Waals surface area contributed by atoms with Gasteiger partial charge in [-0.1, -0.05) is 24.3 Å². The van der Waals surface area contributed by atoms with E-state index in [-0.39, 0.29) is 11.3 Å². The van der Waals surface area contributed by atoms with Crippen LogP contribution in [-0.2, 0) is 4.79 Å². The smallest absolute Gasteiger partial charge is 0.267 e. The average Bonchev–Trinajstić information content (AvgIpc) is 2.66. The Morgan fingerprint density at radius 2 is 1.88 bits per heavy atom. The third-order valence-corrected chi connectivity index (χ3v) is 3.18.